The van der Waals surface area contributed by atoms with Crippen molar-refractivity contribution >= 4 is 35.3 Å². The van der Waals surface area contributed by atoms with Crippen LogP contribution in [0.4, 0.5) is 16.0 Å². The van der Waals surface area contributed by atoms with E-state index in [0.717, 1.165) is 25.7 Å². The largest absolute Gasteiger partial charge is 0.343 e. The number of hydrogen-bond donors (Lipinski definition) is 4. The molecule has 4 N–H and O–H groups in total. The van der Waals surface area contributed by atoms with Crippen LogP contribution in [0, 0.1) is 23.6 Å². The minimum atomic E-state index is -1.01. The highest BCUT2D eigenvalue weighted by Crippen LogP contribution is 2.51. The molecule has 0 bridgehead atoms. The summed E-state index contributed by atoms with van der Waals surface area (Å²) in [5.41, 5.74) is 0.801. The predicted octanol–water partition coefficient (Wildman–Crippen LogP) is 3.26. The van der Waals surface area contributed by atoms with Gasteiger partial charge in [0.15, 0.2) is 0 Å². The number of aromatic nitrogens is 4. The van der Waals surface area contributed by atoms with Crippen molar-refractivity contribution in [3.8, 4) is 0 Å². The van der Waals surface area contributed by atoms with Gasteiger partial charge in [-0.2, -0.15) is 5.10 Å². The number of nitrogens with zero attached hydrogens (tertiary/aromatic N) is 6. The summed E-state index contributed by atoms with van der Waals surface area (Å²) in [6.07, 6.45) is 8.64. The highest BCUT2D eigenvalue weighted by atomic mass is 19.1. The molecule has 0 radical (unpaired) electrons. The minimum absolute atomic E-state index is 0.0327. The maximum absolute atomic E-state index is 16.0. The number of anilines is 2. The van der Waals surface area contributed by atoms with Crippen LogP contribution in [0.25, 0.3) is 0 Å². The van der Waals surface area contributed by atoms with Gasteiger partial charge in [0.1, 0.15) is 29.6 Å². The van der Waals surface area contributed by atoms with Gasteiger partial charge in [0.25, 0.3) is 5.91 Å². The van der Waals surface area contributed by atoms with Crippen LogP contribution in [0.15, 0.2) is 48.9 Å². The molecule has 6 rings (SSSR count). The highest BCUT2D eigenvalue weighted by molar-refractivity contribution is 6.01. The molecule has 15 heteroatoms. The van der Waals surface area contributed by atoms with Crippen LogP contribution in [-0.2, 0) is 20.9 Å². The second-order valence-electron chi connectivity index (χ2n) is 14.8. The first-order chi connectivity index (χ1) is 25.4. The Bertz CT molecular complexity index is 1770. The van der Waals surface area contributed by atoms with E-state index >= 15 is 4.39 Å². The first-order valence-electron chi connectivity index (χ1n) is 18.7. The molecule has 284 valence electrons. The van der Waals surface area contributed by atoms with Gasteiger partial charge in [0.2, 0.25) is 23.7 Å². The Morgan fingerprint density at radius 1 is 0.925 bits per heavy atom. The number of likely N-dealkylation sites (N-methyl/N-ethyl adjacent to an activating group) is 1. The van der Waals surface area contributed by atoms with Gasteiger partial charge in [0.05, 0.1) is 5.69 Å². The molecule has 14 nitrogen and oxygen atoms in total. The van der Waals surface area contributed by atoms with E-state index in [-0.39, 0.29) is 29.5 Å². The third-order valence-electron chi connectivity index (χ3n) is 11.0. The van der Waals surface area contributed by atoms with Crippen molar-refractivity contribution in [1.82, 2.24) is 40.2 Å². The molecule has 3 fully saturated rings. The van der Waals surface area contributed by atoms with Crippen molar-refractivity contribution in [2.45, 2.75) is 90.0 Å². The van der Waals surface area contributed by atoms with Crippen LogP contribution in [-0.4, -0.2) is 104 Å². The van der Waals surface area contributed by atoms with Crippen molar-refractivity contribution < 1.29 is 23.6 Å². The molecular weight excluding hydrogens is 679 g/mol. The van der Waals surface area contributed by atoms with E-state index in [1.165, 1.54) is 12.1 Å². The molecule has 4 amide bonds. The SMILES string of the molecule is CCn1nccc1C(=O)N[C@H](C(=O)Nc1ccc([C@H](C)[C@@H](NC(=O)[C@H](C)Nc2ncccn2)C(=O)N2CCN(C)[C@H](C)C2)cc1F)C(C1CC1)C1CC1. The zero-order valence-electron chi connectivity index (χ0n) is 31.1. The molecule has 1 saturated heterocycles. The number of piperazine rings is 1. The second kappa shape index (κ2) is 16.4. The van der Waals surface area contributed by atoms with Gasteiger partial charge in [-0.1, -0.05) is 13.0 Å². The lowest BCUT2D eigenvalue weighted by atomic mass is 9.88. The Balaban J connectivity index is 1.20. The van der Waals surface area contributed by atoms with E-state index in [1.807, 2.05) is 20.9 Å². The maximum Gasteiger partial charge on any atom is 0.270 e. The van der Waals surface area contributed by atoms with Crippen LogP contribution < -0.4 is 21.3 Å². The number of benzene rings is 1. The Hall–Kier alpha value is -4.92. The molecule has 0 spiro atoms. The quantitative estimate of drug-likeness (QED) is 0.184. The summed E-state index contributed by atoms with van der Waals surface area (Å²) >= 11 is 0. The number of rotatable bonds is 15. The predicted molar refractivity (Wildman–Crippen MR) is 197 cm³/mol. The summed E-state index contributed by atoms with van der Waals surface area (Å²) < 4.78 is 17.6. The molecule has 2 aliphatic carbocycles. The lowest BCUT2D eigenvalue weighted by molar-refractivity contribution is -0.139. The van der Waals surface area contributed by atoms with Crippen molar-refractivity contribution in [1.29, 1.82) is 0 Å². The molecule has 5 atom stereocenters. The van der Waals surface area contributed by atoms with Gasteiger partial charge in [0, 0.05) is 56.7 Å². The molecule has 3 aliphatic rings. The second-order valence-corrected chi connectivity index (χ2v) is 14.8. The summed E-state index contributed by atoms with van der Waals surface area (Å²) in [6.45, 7) is 9.51. The number of hydrogen-bond acceptors (Lipinski definition) is 9. The molecule has 53 heavy (non-hydrogen) atoms. The summed E-state index contributed by atoms with van der Waals surface area (Å²) in [5.74, 6) is -2.01. The lowest BCUT2D eigenvalue weighted by Crippen LogP contribution is -2.59. The van der Waals surface area contributed by atoms with Crippen LogP contribution in [0.3, 0.4) is 0 Å². The third-order valence-corrected chi connectivity index (χ3v) is 11.0. The summed E-state index contributed by atoms with van der Waals surface area (Å²) in [4.78, 5) is 67.1. The first-order valence-corrected chi connectivity index (χ1v) is 18.7. The standard InChI is InChI=1S/C38H51FN10O4/c1-6-49-30(14-17-42-49)35(51)46-33(31(25-8-9-25)26-10-11-26)36(52)44-29-13-12-27(20-28(29)39)23(3)32(37(53)48-19-18-47(5)22(2)21-48)45-34(50)24(4)43-38-40-15-7-16-41-38/h7,12-17,20,22-26,31-33H,6,8-11,18-19,21H2,1-5H3,(H,44,52)(H,45,50)(H,46,51)(H,40,41,43)/t22-,23+,24+,32-,33+/m1/s1. The van der Waals surface area contributed by atoms with Crippen molar-refractivity contribution in [2.75, 3.05) is 37.3 Å². The van der Waals surface area contributed by atoms with Gasteiger partial charge in [-0.25, -0.2) is 14.4 Å². The zero-order chi connectivity index (χ0) is 37.8. The Kier molecular flexibility index (Phi) is 11.7. The normalized spacial score (nSPS) is 19.9. The fraction of sp³-hybridized carbons (Fsp3) is 0.553. The smallest absolute Gasteiger partial charge is 0.270 e. The van der Waals surface area contributed by atoms with Crippen LogP contribution in [0.1, 0.15) is 75.3 Å². The van der Waals surface area contributed by atoms with E-state index in [1.54, 1.807) is 60.2 Å². The molecule has 1 aliphatic heterocycles. The summed E-state index contributed by atoms with van der Waals surface area (Å²) in [5, 5.41) is 15.8. The number of carbonyl (C=O) groups excluding carboxylic acids is 4. The molecule has 1 aromatic carbocycles. The molecule has 0 unspecified atom stereocenters. The molecule has 3 aromatic rings. The van der Waals surface area contributed by atoms with E-state index in [4.69, 9.17) is 0 Å². The minimum Gasteiger partial charge on any atom is -0.343 e. The van der Waals surface area contributed by atoms with E-state index < -0.39 is 47.6 Å². The highest BCUT2D eigenvalue weighted by Gasteiger charge is 2.48. The van der Waals surface area contributed by atoms with Gasteiger partial charge in [-0.05, 0) is 101 Å². The van der Waals surface area contributed by atoms with Gasteiger partial charge >= 0.3 is 0 Å². The van der Waals surface area contributed by atoms with E-state index in [2.05, 4.69) is 41.2 Å². The fourth-order valence-electron chi connectivity index (χ4n) is 7.30. The lowest BCUT2D eigenvalue weighted by Gasteiger charge is -2.40. The maximum atomic E-state index is 16.0. The fourth-order valence-corrected chi connectivity index (χ4v) is 7.30. The number of halogens is 1. The summed E-state index contributed by atoms with van der Waals surface area (Å²) in [7, 11) is 2.01. The van der Waals surface area contributed by atoms with Gasteiger partial charge in [-0.3, -0.25) is 23.9 Å². The average Bonchev–Trinajstić information content (AvgIpc) is 4.10. The van der Waals surface area contributed by atoms with E-state index in [0.29, 0.717) is 49.3 Å². The molecule has 2 saturated carbocycles. The first kappa shape index (κ1) is 37.8. The van der Waals surface area contributed by atoms with Crippen LogP contribution in [0.2, 0.25) is 0 Å². The molecular formula is C38H51FN10O4. The van der Waals surface area contributed by atoms with Gasteiger partial charge < -0.3 is 31.1 Å². The van der Waals surface area contributed by atoms with Crippen LogP contribution in [0.5, 0.6) is 0 Å². The average molecular weight is 731 g/mol. The summed E-state index contributed by atoms with van der Waals surface area (Å²) in [6, 6.07) is 5.22. The Labute approximate surface area is 309 Å². The van der Waals surface area contributed by atoms with E-state index in [9.17, 15) is 19.2 Å². The number of aryl methyl sites for hydroxylation is 1. The Morgan fingerprint density at radius 3 is 2.25 bits per heavy atom. The number of carbonyl (C=O) groups is 4. The van der Waals surface area contributed by atoms with Gasteiger partial charge in [-0.15, -0.1) is 0 Å². The van der Waals surface area contributed by atoms with Crippen molar-refractivity contribution in [3.63, 3.8) is 0 Å². The third kappa shape index (κ3) is 9.00. The topological polar surface area (TPSA) is 166 Å². The van der Waals surface area contributed by atoms with Crippen molar-refractivity contribution in [3.05, 3.63) is 66.0 Å². The number of amides is 4. The molecule has 3 heterocycles. The molecule has 2 aromatic heterocycles. The van der Waals surface area contributed by atoms with Crippen LogP contribution >= 0.6 is 0 Å². The number of nitrogens with one attached hydrogen (secondary N) is 4. The monoisotopic (exact) mass is 730 g/mol. The van der Waals surface area contributed by atoms with Crippen molar-refractivity contribution in [2.24, 2.45) is 17.8 Å². The Morgan fingerprint density at radius 2 is 1.62 bits per heavy atom. The zero-order valence-corrected chi connectivity index (χ0v) is 31.1.